The van der Waals surface area contributed by atoms with Gasteiger partial charge in [0.25, 0.3) is 0 Å². The first-order valence-electron chi connectivity index (χ1n) is 5.83. The molecule has 1 heterocycles. The quantitative estimate of drug-likeness (QED) is 0.665. The van der Waals surface area contributed by atoms with Crippen LogP contribution in [0.15, 0.2) is 35.4 Å². The molecule has 2 N–H and O–H groups in total. The molecule has 0 spiro atoms. The van der Waals surface area contributed by atoms with Crippen molar-refractivity contribution in [2.75, 3.05) is 11.5 Å². The molecule has 0 unspecified atom stereocenters. The van der Waals surface area contributed by atoms with Gasteiger partial charge in [-0.05, 0) is 17.9 Å². The lowest BCUT2D eigenvalue weighted by molar-refractivity contribution is 0.289. The Morgan fingerprint density at radius 3 is 2.89 bits per heavy atom. The zero-order valence-corrected chi connectivity index (χ0v) is 11.4. The van der Waals surface area contributed by atoms with Gasteiger partial charge in [0, 0.05) is 35.5 Å². The number of nitrogen functional groups attached to an aromatic ring is 1. The Labute approximate surface area is 111 Å². The minimum atomic E-state index is 0.450. The summed E-state index contributed by atoms with van der Waals surface area (Å²) in [6, 6.07) is 7.78. The maximum absolute atomic E-state index is 6.00. The average Bonchev–Trinajstić information content (AvgIpc) is 2.75. The zero-order chi connectivity index (χ0) is 13.0. The molecule has 0 aliphatic carbocycles. The molecule has 5 heteroatoms. The molecule has 4 nitrogen and oxygen atoms in total. The van der Waals surface area contributed by atoms with E-state index in [4.69, 9.17) is 10.5 Å². The fraction of sp³-hybridized carbons (Fsp3) is 0.308. The molecule has 0 atom stereocenters. The molecule has 0 saturated heterocycles. The first-order valence-corrected chi connectivity index (χ1v) is 6.82. The van der Waals surface area contributed by atoms with E-state index in [2.05, 4.69) is 18.1 Å². The summed E-state index contributed by atoms with van der Waals surface area (Å²) in [5.74, 6) is 1.63. The molecule has 18 heavy (non-hydrogen) atoms. The van der Waals surface area contributed by atoms with Crippen LogP contribution in [0.1, 0.15) is 12.5 Å². The average molecular weight is 263 g/mol. The van der Waals surface area contributed by atoms with Crippen LogP contribution in [-0.2, 0) is 13.7 Å². The van der Waals surface area contributed by atoms with Crippen molar-refractivity contribution >= 4 is 17.4 Å². The van der Waals surface area contributed by atoms with Crippen molar-refractivity contribution in [2.24, 2.45) is 7.05 Å². The van der Waals surface area contributed by atoms with Gasteiger partial charge >= 0.3 is 0 Å². The predicted molar refractivity (Wildman–Crippen MR) is 74.8 cm³/mol. The van der Waals surface area contributed by atoms with Crippen LogP contribution in [-0.4, -0.2) is 15.5 Å². The van der Waals surface area contributed by atoms with E-state index < -0.39 is 0 Å². The zero-order valence-electron chi connectivity index (χ0n) is 10.6. The van der Waals surface area contributed by atoms with Gasteiger partial charge < -0.3 is 10.5 Å². The summed E-state index contributed by atoms with van der Waals surface area (Å²) >= 11 is 1.77. The summed E-state index contributed by atoms with van der Waals surface area (Å²) in [6.07, 6.45) is 1.85. The standard InChI is InChI=1S/C13H17N3OS/c1-3-18-12-6-4-5-11(14)10(12)9-17-13-7-8-16(2)15-13/h4-8H,3,9,14H2,1-2H3. The van der Waals surface area contributed by atoms with Gasteiger partial charge in [-0.1, -0.05) is 13.0 Å². The lowest BCUT2D eigenvalue weighted by Gasteiger charge is -2.11. The highest BCUT2D eigenvalue weighted by Gasteiger charge is 2.08. The molecule has 0 bridgehead atoms. The molecular formula is C13H17N3OS. The lowest BCUT2D eigenvalue weighted by Crippen LogP contribution is -2.03. The maximum atomic E-state index is 6.00. The molecule has 96 valence electrons. The number of nitrogens with two attached hydrogens (primary N) is 1. The van der Waals surface area contributed by atoms with Gasteiger partial charge in [0.1, 0.15) is 6.61 Å². The monoisotopic (exact) mass is 263 g/mol. The van der Waals surface area contributed by atoms with Crippen LogP contribution in [0.4, 0.5) is 5.69 Å². The third kappa shape index (κ3) is 2.98. The lowest BCUT2D eigenvalue weighted by atomic mass is 10.2. The smallest absolute Gasteiger partial charge is 0.233 e. The molecule has 0 aliphatic heterocycles. The minimum absolute atomic E-state index is 0.450. The van der Waals surface area contributed by atoms with Crippen molar-refractivity contribution in [2.45, 2.75) is 18.4 Å². The highest BCUT2D eigenvalue weighted by Crippen LogP contribution is 2.27. The van der Waals surface area contributed by atoms with E-state index in [-0.39, 0.29) is 0 Å². The van der Waals surface area contributed by atoms with E-state index in [1.807, 2.05) is 31.4 Å². The number of nitrogens with zero attached hydrogens (tertiary/aromatic N) is 2. The van der Waals surface area contributed by atoms with Crippen LogP contribution in [0, 0.1) is 0 Å². The van der Waals surface area contributed by atoms with Gasteiger partial charge in [-0.15, -0.1) is 16.9 Å². The molecule has 0 radical (unpaired) electrons. The number of benzene rings is 1. The molecule has 2 rings (SSSR count). The number of hydrogen-bond acceptors (Lipinski definition) is 4. The van der Waals surface area contributed by atoms with Gasteiger partial charge in [0.05, 0.1) is 0 Å². The second kappa shape index (κ2) is 5.82. The Morgan fingerprint density at radius 2 is 2.22 bits per heavy atom. The number of aryl methyl sites for hydroxylation is 1. The van der Waals surface area contributed by atoms with E-state index in [1.165, 1.54) is 4.90 Å². The van der Waals surface area contributed by atoms with Gasteiger partial charge in [-0.2, -0.15) is 0 Å². The van der Waals surface area contributed by atoms with Crippen molar-refractivity contribution in [3.05, 3.63) is 36.0 Å². The molecule has 0 amide bonds. The van der Waals surface area contributed by atoms with Crippen LogP contribution in [0.2, 0.25) is 0 Å². The summed E-state index contributed by atoms with van der Waals surface area (Å²) in [6.45, 7) is 2.57. The Morgan fingerprint density at radius 1 is 1.39 bits per heavy atom. The number of ether oxygens (including phenoxy) is 1. The third-order valence-corrected chi connectivity index (χ3v) is 3.50. The van der Waals surface area contributed by atoms with Crippen LogP contribution in [0.25, 0.3) is 0 Å². The van der Waals surface area contributed by atoms with Gasteiger partial charge in [-0.25, -0.2) is 0 Å². The fourth-order valence-electron chi connectivity index (χ4n) is 1.64. The Bertz CT molecular complexity index is 525. The molecular weight excluding hydrogens is 246 g/mol. The Kier molecular flexibility index (Phi) is 4.15. The molecule has 0 saturated carbocycles. The number of thioether (sulfide) groups is 1. The largest absolute Gasteiger partial charge is 0.472 e. The van der Waals surface area contributed by atoms with Crippen LogP contribution < -0.4 is 10.5 Å². The van der Waals surface area contributed by atoms with Crippen LogP contribution in [0.3, 0.4) is 0 Å². The number of rotatable bonds is 5. The first-order chi connectivity index (χ1) is 8.70. The molecule has 0 aliphatic rings. The van der Waals surface area contributed by atoms with Crippen LogP contribution >= 0.6 is 11.8 Å². The van der Waals surface area contributed by atoms with Crippen molar-refractivity contribution in [1.29, 1.82) is 0 Å². The number of anilines is 1. The molecule has 1 aromatic carbocycles. The molecule has 2 aromatic rings. The fourth-order valence-corrected chi connectivity index (χ4v) is 2.48. The van der Waals surface area contributed by atoms with E-state index in [0.29, 0.717) is 12.5 Å². The van der Waals surface area contributed by atoms with Crippen molar-refractivity contribution in [3.63, 3.8) is 0 Å². The second-order valence-corrected chi connectivity index (χ2v) is 5.18. The number of hydrogen-bond donors (Lipinski definition) is 1. The highest BCUT2D eigenvalue weighted by atomic mass is 32.2. The van der Waals surface area contributed by atoms with Crippen molar-refractivity contribution in [1.82, 2.24) is 9.78 Å². The van der Waals surface area contributed by atoms with Gasteiger partial charge in [0.2, 0.25) is 5.88 Å². The summed E-state index contributed by atoms with van der Waals surface area (Å²) < 4.78 is 7.37. The molecule has 0 fully saturated rings. The van der Waals surface area contributed by atoms with E-state index in [9.17, 15) is 0 Å². The topological polar surface area (TPSA) is 53.1 Å². The van der Waals surface area contributed by atoms with E-state index in [1.54, 1.807) is 16.4 Å². The third-order valence-electron chi connectivity index (χ3n) is 2.52. The SMILES string of the molecule is CCSc1cccc(N)c1COc1ccn(C)n1. The van der Waals surface area contributed by atoms with Crippen molar-refractivity contribution < 1.29 is 4.74 Å². The molecule has 1 aromatic heterocycles. The van der Waals surface area contributed by atoms with Crippen LogP contribution in [0.5, 0.6) is 5.88 Å². The minimum Gasteiger partial charge on any atom is -0.472 e. The van der Waals surface area contributed by atoms with E-state index >= 15 is 0 Å². The Balaban J connectivity index is 2.12. The highest BCUT2D eigenvalue weighted by molar-refractivity contribution is 7.99. The normalized spacial score (nSPS) is 10.6. The van der Waals surface area contributed by atoms with Gasteiger partial charge in [-0.3, -0.25) is 4.68 Å². The maximum Gasteiger partial charge on any atom is 0.233 e. The first kappa shape index (κ1) is 12.8. The summed E-state index contributed by atoms with van der Waals surface area (Å²) in [5, 5.41) is 4.18. The second-order valence-electron chi connectivity index (χ2n) is 3.87. The van der Waals surface area contributed by atoms with Crippen molar-refractivity contribution in [3.8, 4) is 5.88 Å². The summed E-state index contributed by atoms with van der Waals surface area (Å²) in [4.78, 5) is 1.17. The van der Waals surface area contributed by atoms with E-state index in [0.717, 1.165) is 17.0 Å². The predicted octanol–water partition coefficient (Wildman–Crippen LogP) is 2.69. The van der Waals surface area contributed by atoms with Gasteiger partial charge in [0.15, 0.2) is 0 Å². The summed E-state index contributed by atoms with van der Waals surface area (Å²) in [5.41, 5.74) is 7.81. The number of aromatic nitrogens is 2. The summed E-state index contributed by atoms with van der Waals surface area (Å²) in [7, 11) is 1.86. The Hall–Kier alpha value is -1.62.